The summed E-state index contributed by atoms with van der Waals surface area (Å²) in [5.74, 6) is -0.546. The molecule has 0 aromatic carbocycles. The Hall–Kier alpha value is -1.72. The van der Waals surface area contributed by atoms with Crippen LogP contribution >= 0.6 is 0 Å². The molecular formula is C7H9N3O3. The Labute approximate surface area is 74.5 Å². The van der Waals surface area contributed by atoms with Crippen LogP contribution in [0.3, 0.4) is 0 Å². The first-order valence-corrected chi connectivity index (χ1v) is 3.73. The molecule has 6 heteroatoms. The van der Waals surface area contributed by atoms with E-state index in [0.717, 1.165) is 0 Å². The highest BCUT2D eigenvalue weighted by atomic mass is 16.5. The van der Waals surface area contributed by atoms with Gasteiger partial charge in [-0.15, -0.1) is 4.91 Å². The number of aromatic nitrogens is 2. The lowest BCUT2D eigenvalue weighted by molar-refractivity contribution is 0.0515. The second kappa shape index (κ2) is 3.79. The molecule has 0 amide bonds. The molecule has 0 bridgehead atoms. The van der Waals surface area contributed by atoms with Gasteiger partial charge in [-0.3, -0.25) is 0 Å². The smallest absolute Gasteiger partial charge is 0.356 e. The average Bonchev–Trinajstić information content (AvgIpc) is 2.47. The first kappa shape index (κ1) is 9.37. The topological polar surface area (TPSA) is 73.6 Å². The van der Waals surface area contributed by atoms with Gasteiger partial charge < -0.3 is 9.30 Å². The molecule has 0 atom stereocenters. The number of nitroso groups, excluding NO2 is 1. The number of carbonyl (C=O) groups is 1. The zero-order chi connectivity index (χ0) is 9.84. The van der Waals surface area contributed by atoms with Gasteiger partial charge in [-0.2, -0.15) is 0 Å². The third-order valence-electron chi connectivity index (χ3n) is 1.53. The van der Waals surface area contributed by atoms with Crippen LogP contribution in [0.4, 0.5) is 5.95 Å². The average molecular weight is 183 g/mol. The molecule has 13 heavy (non-hydrogen) atoms. The first-order valence-electron chi connectivity index (χ1n) is 3.73. The van der Waals surface area contributed by atoms with E-state index in [9.17, 15) is 9.70 Å². The minimum Gasteiger partial charge on any atom is -0.461 e. The number of esters is 1. The fourth-order valence-corrected chi connectivity index (χ4v) is 0.879. The van der Waals surface area contributed by atoms with E-state index in [0.29, 0.717) is 0 Å². The highest BCUT2D eigenvalue weighted by molar-refractivity contribution is 5.87. The summed E-state index contributed by atoms with van der Waals surface area (Å²) >= 11 is 0. The second-order valence-electron chi connectivity index (χ2n) is 2.31. The maximum Gasteiger partial charge on any atom is 0.356 e. The van der Waals surface area contributed by atoms with E-state index in [2.05, 4.69) is 10.2 Å². The SMILES string of the molecule is CCOC(=O)c1cnc(N=O)n1C. The molecule has 1 aromatic heterocycles. The minimum absolute atomic E-state index is 0.0388. The van der Waals surface area contributed by atoms with Gasteiger partial charge in [0.05, 0.1) is 12.8 Å². The van der Waals surface area contributed by atoms with Crippen molar-refractivity contribution in [2.75, 3.05) is 6.61 Å². The Kier molecular flexibility index (Phi) is 2.73. The van der Waals surface area contributed by atoms with Gasteiger partial charge in [0.15, 0.2) is 0 Å². The maximum atomic E-state index is 11.2. The number of carbonyl (C=O) groups excluding carboxylic acids is 1. The van der Waals surface area contributed by atoms with E-state index in [1.54, 1.807) is 6.92 Å². The van der Waals surface area contributed by atoms with Crippen LogP contribution < -0.4 is 0 Å². The van der Waals surface area contributed by atoms with Gasteiger partial charge in [0.2, 0.25) is 0 Å². The second-order valence-corrected chi connectivity index (χ2v) is 2.31. The lowest BCUT2D eigenvalue weighted by atomic mass is 10.5. The Morgan fingerprint density at radius 3 is 2.92 bits per heavy atom. The molecule has 0 saturated carbocycles. The minimum atomic E-state index is -0.507. The number of hydrogen-bond acceptors (Lipinski definition) is 5. The zero-order valence-electron chi connectivity index (χ0n) is 7.35. The van der Waals surface area contributed by atoms with E-state index < -0.39 is 5.97 Å². The van der Waals surface area contributed by atoms with Crippen LogP contribution in [0.25, 0.3) is 0 Å². The highest BCUT2D eigenvalue weighted by Crippen LogP contribution is 2.11. The summed E-state index contributed by atoms with van der Waals surface area (Å²) in [5.41, 5.74) is 0.219. The summed E-state index contributed by atoms with van der Waals surface area (Å²) in [6.07, 6.45) is 1.26. The van der Waals surface area contributed by atoms with Crippen LogP contribution in [0.15, 0.2) is 11.4 Å². The van der Waals surface area contributed by atoms with Gasteiger partial charge in [0, 0.05) is 12.2 Å². The van der Waals surface area contributed by atoms with Crippen LogP contribution in [-0.2, 0) is 11.8 Å². The van der Waals surface area contributed by atoms with Crippen LogP contribution in [0, 0.1) is 4.91 Å². The normalized spacial score (nSPS) is 9.69. The maximum absolute atomic E-state index is 11.2. The van der Waals surface area contributed by atoms with E-state index in [1.165, 1.54) is 17.8 Å². The number of rotatable bonds is 3. The van der Waals surface area contributed by atoms with Crippen molar-refractivity contribution in [3.63, 3.8) is 0 Å². The van der Waals surface area contributed by atoms with Crippen molar-refractivity contribution in [1.82, 2.24) is 9.55 Å². The summed E-state index contributed by atoms with van der Waals surface area (Å²) < 4.78 is 6.01. The summed E-state index contributed by atoms with van der Waals surface area (Å²) in [7, 11) is 1.52. The third-order valence-corrected chi connectivity index (χ3v) is 1.53. The summed E-state index contributed by atoms with van der Waals surface area (Å²) in [6, 6.07) is 0. The number of hydrogen-bond donors (Lipinski definition) is 0. The molecule has 1 rings (SSSR count). The lowest BCUT2D eigenvalue weighted by Gasteiger charge is -2.01. The Morgan fingerprint density at radius 1 is 1.77 bits per heavy atom. The van der Waals surface area contributed by atoms with Crippen molar-refractivity contribution >= 4 is 11.9 Å². The van der Waals surface area contributed by atoms with Crippen LogP contribution in [0.2, 0.25) is 0 Å². The molecule has 6 nitrogen and oxygen atoms in total. The quantitative estimate of drug-likeness (QED) is 0.517. The standard InChI is InChI=1S/C7H9N3O3/c1-3-13-6(11)5-4-8-7(9-12)10(5)2/h4H,3H2,1-2H3. The van der Waals surface area contributed by atoms with Crippen molar-refractivity contribution < 1.29 is 9.53 Å². The summed E-state index contributed by atoms with van der Waals surface area (Å²) in [6.45, 7) is 1.99. The fraction of sp³-hybridized carbons (Fsp3) is 0.429. The van der Waals surface area contributed by atoms with E-state index >= 15 is 0 Å². The largest absolute Gasteiger partial charge is 0.461 e. The molecule has 1 aromatic rings. The van der Waals surface area contributed by atoms with Crippen molar-refractivity contribution in [1.29, 1.82) is 0 Å². The monoisotopic (exact) mass is 183 g/mol. The Morgan fingerprint density at radius 2 is 2.46 bits per heavy atom. The third kappa shape index (κ3) is 1.71. The molecule has 0 unspecified atom stereocenters. The molecule has 0 spiro atoms. The molecule has 0 radical (unpaired) electrons. The summed E-state index contributed by atoms with van der Waals surface area (Å²) in [4.78, 5) is 24.9. The fourth-order valence-electron chi connectivity index (χ4n) is 0.879. The predicted octanol–water partition coefficient (Wildman–Crippen LogP) is 0.995. The van der Waals surface area contributed by atoms with Gasteiger partial charge in [-0.1, -0.05) is 0 Å². The lowest BCUT2D eigenvalue weighted by Crippen LogP contribution is -2.09. The van der Waals surface area contributed by atoms with Crippen LogP contribution in [0.1, 0.15) is 17.4 Å². The number of imidazole rings is 1. The van der Waals surface area contributed by atoms with E-state index in [-0.39, 0.29) is 18.2 Å². The highest BCUT2D eigenvalue weighted by Gasteiger charge is 2.14. The number of ether oxygens (including phenoxy) is 1. The molecule has 0 fully saturated rings. The van der Waals surface area contributed by atoms with Gasteiger partial charge in [0.25, 0.3) is 5.95 Å². The van der Waals surface area contributed by atoms with Crippen molar-refractivity contribution in [3.05, 3.63) is 16.8 Å². The molecule has 0 aliphatic rings. The predicted molar refractivity (Wildman–Crippen MR) is 44.6 cm³/mol. The molecule has 0 saturated heterocycles. The molecule has 1 heterocycles. The van der Waals surface area contributed by atoms with Gasteiger partial charge >= 0.3 is 5.97 Å². The molecule has 0 aliphatic heterocycles. The van der Waals surface area contributed by atoms with E-state index in [4.69, 9.17) is 4.74 Å². The Balaban J connectivity index is 2.95. The van der Waals surface area contributed by atoms with Gasteiger partial charge in [-0.05, 0) is 6.92 Å². The van der Waals surface area contributed by atoms with Crippen molar-refractivity contribution in [3.8, 4) is 0 Å². The van der Waals surface area contributed by atoms with Crippen LogP contribution in [-0.4, -0.2) is 22.1 Å². The molecule has 70 valence electrons. The van der Waals surface area contributed by atoms with Crippen molar-refractivity contribution in [2.45, 2.75) is 6.92 Å². The Bertz CT molecular complexity index is 332. The van der Waals surface area contributed by atoms with Gasteiger partial charge in [-0.25, -0.2) is 9.78 Å². The van der Waals surface area contributed by atoms with Gasteiger partial charge in [0.1, 0.15) is 5.69 Å². The molecular weight excluding hydrogens is 174 g/mol. The first-order chi connectivity index (χ1) is 6.20. The summed E-state index contributed by atoms with van der Waals surface area (Å²) in [5, 5.41) is 2.63. The molecule has 0 aliphatic carbocycles. The van der Waals surface area contributed by atoms with Crippen molar-refractivity contribution in [2.24, 2.45) is 12.2 Å². The van der Waals surface area contributed by atoms with E-state index in [1.807, 2.05) is 0 Å². The number of nitrogens with zero attached hydrogens (tertiary/aromatic N) is 3. The van der Waals surface area contributed by atoms with Crippen LogP contribution in [0.5, 0.6) is 0 Å². The molecule has 0 N–H and O–H groups in total. The zero-order valence-corrected chi connectivity index (χ0v) is 7.35.